The second kappa shape index (κ2) is 4.91. The van der Waals surface area contributed by atoms with Crippen LogP contribution in [0.1, 0.15) is 10.4 Å². The third-order valence-corrected chi connectivity index (χ3v) is 2.57. The van der Waals surface area contributed by atoms with Crippen LogP contribution in [0.25, 0.3) is 0 Å². The van der Waals surface area contributed by atoms with Gasteiger partial charge in [-0.15, -0.1) is 4.28 Å². The van der Waals surface area contributed by atoms with Gasteiger partial charge in [-0.3, -0.25) is 4.79 Å². The van der Waals surface area contributed by atoms with Crippen molar-refractivity contribution in [2.75, 3.05) is 7.05 Å². The number of hydroxylamine groups is 2. The third-order valence-electron chi connectivity index (χ3n) is 1.73. The summed E-state index contributed by atoms with van der Waals surface area (Å²) in [7, 11) is -2.68. The lowest BCUT2D eigenvalue weighted by Gasteiger charge is -2.14. The van der Waals surface area contributed by atoms with E-state index in [4.69, 9.17) is 0 Å². The molecule has 6 heteroatoms. The van der Waals surface area contributed by atoms with Gasteiger partial charge in [0.1, 0.15) is 0 Å². The average Bonchev–Trinajstić information content (AvgIpc) is 2.28. The summed E-state index contributed by atoms with van der Waals surface area (Å²) in [4.78, 5) is 11.6. The molecule has 0 saturated carbocycles. The first-order valence-corrected chi connectivity index (χ1v) is 5.83. The molecule has 0 aliphatic carbocycles. The molecule has 0 N–H and O–H groups in total. The highest BCUT2D eigenvalue weighted by Gasteiger charge is 2.17. The monoisotopic (exact) mass is 241 g/mol. The van der Waals surface area contributed by atoms with E-state index in [0.29, 0.717) is 16.0 Å². The highest BCUT2D eigenvalue weighted by Crippen LogP contribution is 2.06. The second-order valence-electron chi connectivity index (χ2n) is 2.90. The maximum absolute atomic E-state index is 11.6. The van der Waals surface area contributed by atoms with E-state index in [2.05, 4.69) is 10.9 Å². The normalized spacial score (nSPS) is 10.8. The summed E-state index contributed by atoms with van der Waals surface area (Å²) >= 11 is 0. The van der Waals surface area contributed by atoms with Gasteiger partial charge >= 0.3 is 10.1 Å². The van der Waals surface area contributed by atoms with Crippen molar-refractivity contribution in [2.45, 2.75) is 0 Å². The molecule has 0 radical (unpaired) electrons. The molecule has 16 heavy (non-hydrogen) atoms. The smallest absolute Gasteiger partial charge is 0.267 e. The van der Waals surface area contributed by atoms with E-state index < -0.39 is 16.0 Å². The number of amides is 1. The fraction of sp³-hybridized carbons (Fsp3) is 0.100. The number of benzene rings is 1. The molecule has 0 unspecified atom stereocenters. The maximum atomic E-state index is 11.6. The molecule has 0 fully saturated rings. The van der Waals surface area contributed by atoms with Crippen molar-refractivity contribution in [1.29, 1.82) is 0 Å². The first kappa shape index (κ1) is 12.4. The Kier molecular flexibility index (Phi) is 3.81. The molecular formula is C10H11NO4S. The molecule has 0 atom stereocenters. The van der Waals surface area contributed by atoms with Crippen LogP contribution in [0.3, 0.4) is 0 Å². The van der Waals surface area contributed by atoms with Crippen LogP contribution in [0.15, 0.2) is 42.3 Å². The fourth-order valence-electron chi connectivity index (χ4n) is 0.983. The van der Waals surface area contributed by atoms with Gasteiger partial charge in [0.25, 0.3) is 5.91 Å². The Morgan fingerprint density at radius 1 is 1.38 bits per heavy atom. The zero-order valence-corrected chi connectivity index (χ0v) is 9.48. The van der Waals surface area contributed by atoms with Gasteiger partial charge < -0.3 is 0 Å². The van der Waals surface area contributed by atoms with Gasteiger partial charge in [0.2, 0.25) is 0 Å². The van der Waals surface area contributed by atoms with Crippen molar-refractivity contribution >= 4 is 16.0 Å². The molecule has 0 aliphatic heterocycles. The first-order valence-electron chi connectivity index (χ1n) is 4.36. The minimum Gasteiger partial charge on any atom is -0.267 e. The van der Waals surface area contributed by atoms with E-state index in [0.717, 1.165) is 0 Å². The summed E-state index contributed by atoms with van der Waals surface area (Å²) in [5.74, 6) is -0.550. The summed E-state index contributed by atoms with van der Waals surface area (Å²) < 4.78 is 26.5. The van der Waals surface area contributed by atoms with Gasteiger partial charge in [-0.2, -0.15) is 8.42 Å². The molecule has 1 aromatic carbocycles. The number of hydrogen-bond acceptors (Lipinski definition) is 4. The summed E-state index contributed by atoms with van der Waals surface area (Å²) in [6.07, 6.45) is 0. The zero-order chi connectivity index (χ0) is 12.2. The molecule has 1 aromatic rings. The molecule has 5 nitrogen and oxygen atoms in total. The van der Waals surface area contributed by atoms with Crippen LogP contribution in [0, 0.1) is 0 Å². The van der Waals surface area contributed by atoms with Gasteiger partial charge in [-0.1, -0.05) is 24.8 Å². The number of rotatable bonds is 4. The largest absolute Gasteiger partial charge is 0.310 e. The Morgan fingerprint density at radius 2 is 1.94 bits per heavy atom. The molecule has 1 rings (SSSR count). The summed E-state index contributed by atoms with van der Waals surface area (Å²) in [6.45, 7) is 3.07. The van der Waals surface area contributed by atoms with Crippen molar-refractivity contribution in [2.24, 2.45) is 0 Å². The first-order chi connectivity index (χ1) is 7.46. The minimum atomic E-state index is -3.90. The van der Waals surface area contributed by atoms with Crippen LogP contribution < -0.4 is 0 Å². The van der Waals surface area contributed by atoms with E-state index in [1.165, 1.54) is 7.05 Å². The molecule has 0 aliphatic rings. The van der Waals surface area contributed by atoms with Gasteiger partial charge in [-0.25, -0.2) is 5.06 Å². The van der Waals surface area contributed by atoms with Crippen LogP contribution in [0.4, 0.5) is 0 Å². The number of hydrogen-bond donors (Lipinski definition) is 0. The Bertz CT molecular complexity index is 481. The Hall–Kier alpha value is -1.66. The van der Waals surface area contributed by atoms with E-state index in [1.807, 2.05) is 0 Å². The molecule has 86 valence electrons. The topological polar surface area (TPSA) is 63.7 Å². The van der Waals surface area contributed by atoms with Crippen molar-refractivity contribution in [3.05, 3.63) is 47.9 Å². The molecule has 0 heterocycles. The molecule has 1 amide bonds. The predicted octanol–water partition coefficient (Wildman–Crippen LogP) is 1.16. The SMILES string of the molecule is C=CS(=O)(=O)ON(C)C(=O)c1ccccc1. The zero-order valence-electron chi connectivity index (χ0n) is 8.66. The lowest BCUT2D eigenvalue weighted by molar-refractivity contribution is -0.00750. The Labute approximate surface area is 94.0 Å². The lowest BCUT2D eigenvalue weighted by atomic mass is 10.2. The van der Waals surface area contributed by atoms with Crippen molar-refractivity contribution in [3.8, 4) is 0 Å². The van der Waals surface area contributed by atoms with Gasteiger partial charge in [-0.05, 0) is 12.1 Å². The van der Waals surface area contributed by atoms with Gasteiger partial charge in [0, 0.05) is 12.6 Å². The minimum absolute atomic E-state index is 0.337. The van der Waals surface area contributed by atoms with Crippen LogP contribution in [0.5, 0.6) is 0 Å². The average molecular weight is 241 g/mol. The summed E-state index contributed by atoms with van der Waals surface area (Å²) in [5, 5.41) is 1.27. The van der Waals surface area contributed by atoms with Crippen molar-refractivity contribution in [1.82, 2.24) is 5.06 Å². The fourth-order valence-corrected chi connectivity index (χ4v) is 1.42. The number of nitrogens with zero attached hydrogens (tertiary/aromatic N) is 1. The molecular weight excluding hydrogens is 230 g/mol. The highest BCUT2D eigenvalue weighted by atomic mass is 32.2. The van der Waals surface area contributed by atoms with E-state index in [9.17, 15) is 13.2 Å². The van der Waals surface area contributed by atoms with E-state index in [1.54, 1.807) is 30.3 Å². The Morgan fingerprint density at radius 3 is 2.44 bits per heavy atom. The number of carbonyl (C=O) groups excluding carboxylic acids is 1. The predicted molar refractivity (Wildman–Crippen MR) is 58.7 cm³/mol. The van der Waals surface area contributed by atoms with Crippen LogP contribution in [-0.2, 0) is 14.4 Å². The van der Waals surface area contributed by atoms with Crippen LogP contribution in [0.2, 0.25) is 0 Å². The molecule has 0 bridgehead atoms. The maximum Gasteiger partial charge on any atom is 0.310 e. The van der Waals surface area contributed by atoms with Crippen molar-refractivity contribution in [3.63, 3.8) is 0 Å². The van der Waals surface area contributed by atoms with Crippen LogP contribution >= 0.6 is 0 Å². The Balaban J connectivity index is 2.81. The van der Waals surface area contributed by atoms with E-state index in [-0.39, 0.29) is 0 Å². The molecule has 0 aromatic heterocycles. The second-order valence-corrected chi connectivity index (χ2v) is 4.37. The standard InChI is InChI=1S/C10H11NO4S/c1-3-16(13,14)15-11(2)10(12)9-7-5-4-6-8-9/h3-8H,1H2,2H3. The summed E-state index contributed by atoms with van der Waals surface area (Å²) in [5.41, 5.74) is 0.337. The molecule has 0 spiro atoms. The van der Waals surface area contributed by atoms with Gasteiger partial charge in [0.15, 0.2) is 0 Å². The summed E-state index contributed by atoms with van der Waals surface area (Å²) in [6, 6.07) is 8.20. The van der Waals surface area contributed by atoms with Crippen LogP contribution in [-0.4, -0.2) is 26.4 Å². The van der Waals surface area contributed by atoms with Crippen molar-refractivity contribution < 1.29 is 17.5 Å². The quantitative estimate of drug-likeness (QED) is 0.742. The van der Waals surface area contributed by atoms with Gasteiger partial charge in [0.05, 0.1) is 5.41 Å². The lowest BCUT2D eigenvalue weighted by Crippen LogP contribution is -2.29. The third kappa shape index (κ3) is 3.18. The number of carbonyl (C=O) groups is 1. The van der Waals surface area contributed by atoms with E-state index >= 15 is 0 Å². The highest BCUT2D eigenvalue weighted by molar-refractivity contribution is 7.89. The molecule has 0 saturated heterocycles.